The number of piperidine rings is 1. The predicted molar refractivity (Wildman–Crippen MR) is 76.6 cm³/mol. The Morgan fingerprint density at radius 3 is 2.43 bits per heavy atom. The molecule has 0 saturated carbocycles. The number of hydrogen-bond acceptors (Lipinski definition) is 2. The molecule has 4 nitrogen and oxygen atoms in total. The lowest BCUT2D eigenvalue weighted by Gasteiger charge is -2.38. The molecule has 5 heteroatoms. The summed E-state index contributed by atoms with van der Waals surface area (Å²) in [5, 5.41) is 9.34. The van der Waals surface area contributed by atoms with Gasteiger partial charge in [-0.1, -0.05) is 13.0 Å². The maximum Gasteiger partial charge on any atom is 0.309 e. The zero-order valence-corrected chi connectivity index (χ0v) is 12.4. The van der Waals surface area contributed by atoms with Crippen LogP contribution in [0, 0.1) is 18.2 Å². The van der Waals surface area contributed by atoms with Crippen molar-refractivity contribution in [2.75, 3.05) is 13.1 Å². The van der Waals surface area contributed by atoms with E-state index < -0.39 is 17.2 Å². The number of carboxylic acids is 1. The van der Waals surface area contributed by atoms with E-state index in [0.717, 1.165) is 0 Å². The Morgan fingerprint density at radius 2 is 1.95 bits per heavy atom. The van der Waals surface area contributed by atoms with Crippen molar-refractivity contribution < 1.29 is 19.1 Å². The first-order chi connectivity index (χ1) is 9.89. The number of carboxylic acid groups (broad SMARTS) is 1. The van der Waals surface area contributed by atoms with Gasteiger partial charge in [0.2, 0.25) is 0 Å². The Hall–Kier alpha value is -1.91. The van der Waals surface area contributed by atoms with Gasteiger partial charge >= 0.3 is 5.97 Å². The van der Waals surface area contributed by atoms with Gasteiger partial charge in [-0.25, -0.2) is 4.39 Å². The van der Waals surface area contributed by atoms with Crippen LogP contribution >= 0.6 is 0 Å². The van der Waals surface area contributed by atoms with Crippen LogP contribution in [0.2, 0.25) is 0 Å². The highest BCUT2D eigenvalue weighted by molar-refractivity contribution is 5.94. The number of halogens is 1. The van der Waals surface area contributed by atoms with Crippen LogP contribution in [0.15, 0.2) is 18.2 Å². The minimum absolute atomic E-state index is 0.232. The molecule has 21 heavy (non-hydrogen) atoms. The molecule has 1 amide bonds. The molecule has 1 aromatic rings. The van der Waals surface area contributed by atoms with E-state index in [2.05, 4.69) is 0 Å². The number of likely N-dealkylation sites (tertiary alicyclic amines) is 1. The quantitative estimate of drug-likeness (QED) is 0.932. The third kappa shape index (κ3) is 2.91. The fourth-order valence-electron chi connectivity index (χ4n) is 2.76. The smallest absolute Gasteiger partial charge is 0.309 e. The van der Waals surface area contributed by atoms with Gasteiger partial charge in [-0.2, -0.15) is 0 Å². The second-order valence-corrected chi connectivity index (χ2v) is 5.70. The van der Waals surface area contributed by atoms with Crippen molar-refractivity contribution in [3.63, 3.8) is 0 Å². The SMILES string of the molecule is CCC1(C(=O)O)CCN(C(=O)c2ccc(C)c(F)c2)CC1. The maximum absolute atomic E-state index is 13.5. The van der Waals surface area contributed by atoms with Crippen LogP contribution in [0.1, 0.15) is 42.1 Å². The maximum atomic E-state index is 13.5. The zero-order chi connectivity index (χ0) is 15.6. The first-order valence-electron chi connectivity index (χ1n) is 7.18. The summed E-state index contributed by atoms with van der Waals surface area (Å²) in [6, 6.07) is 4.44. The van der Waals surface area contributed by atoms with Gasteiger partial charge in [0.1, 0.15) is 5.82 Å². The minimum atomic E-state index is -0.793. The molecule has 0 aromatic heterocycles. The third-order valence-electron chi connectivity index (χ3n) is 4.56. The van der Waals surface area contributed by atoms with E-state index >= 15 is 0 Å². The van der Waals surface area contributed by atoms with Crippen molar-refractivity contribution >= 4 is 11.9 Å². The molecule has 1 aliphatic heterocycles. The molecule has 1 aliphatic rings. The lowest BCUT2D eigenvalue weighted by Crippen LogP contribution is -2.46. The van der Waals surface area contributed by atoms with E-state index in [1.807, 2.05) is 6.92 Å². The lowest BCUT2D eigenvalue weighted by molar-refractivity contribution is -0.152. The first-order valence-corrected chi connectivity index (χ1v) is 7.18. The highest BCUT2D eigenvalue weighted by Gasteiger charge is 2.40. The summed E-state index contributed by atoms with van der Waals surface area (Å²) in [5.74, 6) is -1.42. The molecule has 1 aromatic carbocycles. The molecular weight excluding hydrogens is 273 g/mol. The Bertz CT molecular complexity index is 563. The Balaban J connectivity index is 2.09. The molecule has 0 aliphatic carbocycles. The fourth-order valence-corrected chi connectivity index (χ4v) is 2.76. The van der Waals surface area contributed by atoms with Crippen molar-refractivity contribution in [2.45, 2.75) is 33.1 Å². The molecule has 1 saturated heterocycles. The third-order valence-corrected chi connectivity index (χ3v) is 4.56. The largest absolute Gasteiger partial charge is 0.481 e. The molecule has 0 atom stereocenters. The second kappa shape index (κ2) is 5.84. The van der Waals surface area contributed by atoms with Gasteiger partial charge in [-0.3, -0.25) is 9.59 Å². The minimum Gasteiger partial charge on any atom is -0.481 e. The van der Waals surface area contributed by atoms with Crippen molar-refractivity contribution in [3.8, 4) is 0 Å². The number of aryl methyl sites for hydroxylation is 1. The van der Waals surface area contributed by atoms with Crippen LogP contribution < -0.4 is 0 Å². The van der Waals surface area contributed by atoms with Gasteiger partial charge in [0.25, 0.3) is 5.91 Å². The van der Waals surface area contributed by atoms with E-state index in [4.69, 9.17) is 0 Å². The van der Waals surface area contributed by atoms with Gasteiger partial charge < -0.3 is 10.0 Å². The van der Waals surface area contributed by atoms with Crippen LogP contribution in [0.4, 0.5) is 4.39 Å². The van der Waals surface area contributed by atoms with Gasteiger partial charge in [-0.05, 0) is 43.9 Å². The van der Waals surface area contributed by atoms with E-state index in [1.165, 1.54) is 6.07 Å². The summed E-state index contributed by atoms with van der Waals surface area (Å²) >= 11 is 0. The highest BCUT2D eigenvalue weighted by Crippen LogP contribution is 2.35. The highest BCUT2D eigenvalue weighted by atomic mass is 19.1. The number of benzene rings is 1. The zero-order valence-electron chi connectivity index (χ0n) is 12.4. The number of aliphatic carboxylic acids is 1. The van der Waals surface area contributed by atoms with Crippen molar-refractivity contribution in [2.24, 2.45) is 5.41 Å². The van der Waals surface area contributed by atoms with Crippen molar-refractivity contribution in [3.05, 3.63) is 35.1 Å². The molecule has 0 radical (unpaired) electrons. The molecule has 0 spiro atoms. The molecule has 0 unspecified atom stereocenters. The van der Waals surface area contributed by atoms with E-state index in [-0.39, 0.29) is 5.91 Å². The van der Waals surface area contributed by atoms with E-state index in [0.29, 0.717) is 43.5 Å². The molecule has 1 fully saturated rings. The van der Waals surface area contributed by atoms with Crippen LogP contribution in [0.5, 0.6) is 0 Å². The molecule has 1 heterocycles. The Morgan fingerprint density at radius 1 is 1.33 bits per heavy atom. The van der Waals surface area contributed by atoms with Crippen LogP contribution in [-0.4, -0.2) is 35.0 Å². The number of amides is 1. The summed E-state index contributed by atoms with van der Waals surface area (Å²) in [4.78, 5) is 25.3. The van der Waals surface area contributed by atoms with Crippen molar-refractivity contribution in [1.29, 1.82) is 0 Å². The topological polar surface area (TPSA) is 57.6 Å². The number of nitrogens with zero attached hydrogens (tertiary/aromatic N) is 1. The number of rotatable bonds is 3. The fraction of sp³-hybridized carbons (Fsp3) is 0.500. The normalized spacial score (nSPS) is 17.6. The monoisotopic (exact) mass is 293 g/mol. The summed E-state index contributed by atoms with van der Waals surface area (Å²) < 4.78 is 13.5. The molecule has 114 valence electrons. The van der Waals surface area contributed by atoms with Gasteiger partial charge in [0, 0.05) is 18.7 Å². The standard InChI is InChI=1S/C16H20FNO3/c1-3-16(15(20)21)6-8-18(9-7-16)14(19)12-5-4-11(2)13(17)10-12/h4-5,10H,3,6-9H2,1-2H3,(H,20,21). The predicted octanol–water partition coefficient (Wildman–Crippen LogP) is 2.85. The average molecular weight is 293 g/mol. The summed E-state index contributed by atoms with van der Waals surface area (Å²) in [7, 11) is 0. The number of carbonyl (C=O) groups excluding carboxylic acids is 1. The van der Waals surface area contributed by atoms with Crippen molar-refractivity contribution in [1.82, 2.24) is 4.90 Å². The van der Waals surface area contributed by atoms with E-state index in [9.17, 15) is 19.1 Å². The summed E-state index contributed by atoms with van der Waals surface area (Å²) in [6.07, 6.45) is 1.45. The molecule has 0 bridgehead atoms. The van der Waals surface area contributed by atoms with Crippen LogP contribution in [0.3, 0.4) is 0 Å². The molecular formula is C16H20FNO3. The first kappa shape index (κ1) is 15.5. The number of carbonyl (C=O) groups is 2. The van der Waals surface area contributed by atoms with Gasteiger partial charge in [0.15, 0.2) is 0 Å². The Kier molecular flexibility index (Phi) is 4.30. The van der Waals surface area contributed by atoms with E-state index in [1.54, 1.807) is 24.0 Å². The van der Waals surface area contributed by atoms with Gasteiger partial charge in [0.05, 0.1) is 5.41 Å². The number of hydrogen-bond donors (Lipinski definition) is 1. The molecule has 2 rings (SSSR count). The molecule has 1 N–H and O–H groups in total. The van der Waals surface area contributed by atoms with Crippen LogP contribution in [0.25, 0.3) is 0 Å². The lowest BCUT2D eigenvalue weighted by atomic mass is 9.76. The average Bonchev–Trinajstić information content (AvgIpc) is 2.49. The second-order valence-electron chi connectivity index (χ2n) is 5.70. The summed E-state index contributed by atoms with van der Waals surface area (Å²) in [6.45, 7) is 4.30. The van der Waals surface area contributed by atoms with Gasteiger partial charge in [-0.15, -0.1) is 0 Å². The van der Waals surface area contributed by atoms with Crippen LogP contribution in [-0.2, 0) is 4.79 Å². The summed E-state index contributed by atoms with van der Waals surface area (Å²) in [5.41, 5.74) is 0.0912. The Labute approximate surface area is 123 Å².